The Kier molecular flexibility index (Phi) is 11.8. The second-order valence-electron chi connectivity index (χ2n) is 5.27. The molecule has 0 saturated carbocycles. The third-order valence-corrected chi connectivity index (χ3v) is 1.82. The Hall–Kier alpha value is -1.38. The standard InChI is InChI=1S/C8H15NO4.C5H12O3/c1-5(6(10)11)9-7(12)13-8(2,3)4;1-7-3-5(6)4-8-2/h5H,1-4H3,(H,9,12)(H,10,11);5-6H,3-4H2,1-2H3. The number of nitrogens with one attached hydrogen (secondary N) is 1. The number of amides is 1. The van der Waals surface area contributed by atoms with Gasteiger partial charge in [-0.15, -0.1) is 0 Å². The zero-order valence-electron chi connectivity index (χ0n) is 13.5. The van der Waals surface area contributed by atoms with E-state index in [0.29, 0.717) is 13.2 Å². The van der Waals surface area contributed by atoms with Crippen LogP contribution in [-0.2, 0) is 19.0 Å². The van der Waals surface area contributed by atoms with E-state index in [9.17, 15) is 9.59 Å². The number of carbonyl (C=O) groups excluding carboxylic acids is 1. The molecule has 1 unspecified atom stereocenters. The topological polar surface area (TPSA) is 114 Å². The van der Waals surface area contributed by atoms with Gasteiger partial charge in [-0.05, 0) is 27.7 Å². The zero-order valence-corrected chi connectivity index (χ0v) is 13.5. The number of ether oxygens (including phenoxy) is 3. The molecular weight excluding hydrogens is 282 g/mol. The smallest absolute Gasteiger partial charge is 0.408 e. The van der Waals surface area contributed by atoms with Gasteiger partial charge in [0.2, 0.25) is 0 Å². The van der Waals surface area contributed by atoms with Crippen molar-refractivity contribution in [2.24, 2.45) is 0 Å². The first-order valence-corrected chi connectivity index (χ1v) is 6.41. The summed E-state index contributed by atoms with van der Waals surface area (Å²) in [7, 11) is 3.08. The first-order valence-electron chi connectivity index (χ1n) is 6.41. The number of hydrogen-bond acceptors (Lipinski definition) is 6. The van der Waals surface area contributed by atoms with Crippen molar-refractivity contribution in [3.8, 4) is 0 Å². The minimum atomic E-state index is -1.09. The Morgan fingerprint density at radius 1 is 1.14 bits per heavy atom. The van der Waals surface area contributed by atoms with E-state index in [1.165, 1.54) is 6.92 Å². The maximum atomic E-state index is 11.0. The monoisotopic (exact) mass is 309 g/mol. The minimum absolute atomic E-state index is 0.341. The summed E-state index contributed by atoms with van der Waals surface area (Å²) in [6, 6.07) is -0.935. The normalized spacial score (nSPS) is 12.2. The zero-order chi connectivity index (χ0) is 17.1. The maximum absolute atomic E-state index is 11.0. The maximum Gasteiger partial charge on any atom is 0.408 e. The summed E-state index contributed by atoms with van der Waals surface area (Å²) in [6.07, 6.45) is -1.20. The molecular formula is C13H27NO7. The van der Waals surface area contributed by atoms with Crippen LogP contribution in [0.2, 0.25) is 0 Å². The summed E-state index contributed by atoms with van der Waals surface area (Å²) >= 11 is 0. The van der Waals surface area contributed by atoms with Crippen LogP contribution in [0.15, 0.2) is 0 Å². The van der Waals surface area contributed by atoms with Crippen LogP contribution >= 0.6 is 0 Å². The van der Waals surface area contributed by atoms with Crippen molar-refractivity contribution in [3.05, 3.63) is 0 Å². The number of aliphatic hydroxyl groups excluding tert-OH is 1. The van der Waals surface area contributed by atoms with Crippen LogP contribution in [0.4, 0.5) is 4.79 Å². The number of carboxylic acid groups (broad SMARTS) is 1. The second kappa shape index (κ2) is 11.3. The van der Waals surface area contributed by atoms with Crippen LogP contribution in [0.1, 0.15) is 27.7 Å². The highest BCUT2D eigenvalue weighted by molar-refractivity contribution is 5.79. The number of aliphatic hydroxyl groups is 1. The molecule has 0 rings (SSSR count). The van der Waals surface area contributed by atoms with E-state index in [2.05, 4.69) is 14.8 Å². The van der Waals surface area contributed by atoms with E-state index in [1.807, 2.05) is 0 Å². The highest BCUT2D eigenvalue weighted by atomic mass is 16.6. The van der Waals surface area contributed by atoms with Crippen LogP contribution in [0.5, 0.6) is 0 Å². The molecule has 1 amide bonds. The Morgan fingerprint density at radius 3 is 1.86 bits per heavy atom. The van der Waals surface area contributed by atoms with Gasteiger partial charge in [-0.3, -0.25) is 4.79 Å². The average molecular weight is 309 g/mol. The molecule has 126 valence electrons. The highest BCUT2D eigenvalue weighted by Crippen LogP contribution is 2.06. The third-order valence-electron chi connectivity index (χ3n) is 1.82. The van der Waals surface area contributed by atoms with E-state index in [1.54, 1.807) is 35.0 Å². The molecule has 21 heavy (non-hydrogen) atoms. The summed E-state index contributed by atoms with van der Waals surface area (Å²) in [4.78, 5) is 21.3. The van der Waals surface area contributed by atoms with Gasteiger partial charge >= 0.3 is 12.1 Å². The van der Waals surface area contributed by atoms with Crippen molar-refractivity contribution in [1.82, 2.24) is 5.32 Å². The van der Waals surface area contributed by atoms with Crippen LogP contribution in [0.25, 0.3) is 0 Å². The third kappa shape index (κ3) is 16.6. The Balaban J connectivity index is 0. The first kappa shape index (κ1) is 21.9. The molecule has 0 saturated heterocycles. The molecule has 0 aromatic rings. The molecule has 1 atom stereocenters. The van der Waals surface area contributed by atoms with E-state index in [4.69, 9.17) is 14.9 Å². The molecule has 0 aliphatic carbocycles. The summed E-state index contributed by atoms with van der Waals surface area (Å²) in [5.74, 6) is -1.09. The van der Waals surface area contributed by atoms with Gasteiger partial charge in [0.1, 0.15) is 17.7 Å². The fraction of sp³-hybridized carbons (Fsp3) is 0.846. The SMILES string of the molecule is CC(NC(=O)OC(C)(C)C)C(=O)O.COCC(O)COC. The van der Waals surface area contributed by atoms with Gasteiger partial charge in [0.25, 0.3) is 0 Å². The van der Waals surface area contributed by atoms with Gasteiger partial charge in [0, 0.05) is 14.2 Å². The van der Waals surface area contributed by atoms with Crippen molar-refractivity contribution >= 4 is 12.1 Å². The van der Waals surface area contributed by atoms with Crippen LogP contribution in [0.3, 0.4) is 0 Å². The summed E-state index contributed by atoms with van der Waals surface area (Å²) in [5, 5.41) is 19.4. The van der Waals surface area contributed by atoms with Gasteiger partial charge < -0.3 is 29.7 Å². The number of methoxy groups -OCH3 is 2. The summed E-state index contributed by atoms with van der Waals surface area (Å²) in [5.41, 5.74) is -0.609. The molecule has 0 spiro atoms. The number of hydrogen-bond donors (Lipinski definition) is 3. The largest absolute Gasteiger partial charge is 0.480 e. The lowest BCUT2D eigenvalue weighted by atomic mass is 10.2. The molecule has 0 aromatic carbocycles. The summed E-state index contributed by atoms with van der Waals surface area (Å²) in [6.45, 7) is 7.17. The molecule has 0 radical (unpaired) electrons. The van der Waals surface area contributed by atoms with E-state index < -0.39 is 29.8 Å². The summed E-state index contributed by atoms with van der Waals surface area (Å²) < 4.78 is 14.1. The van der Waals surface area contributed by atoms with Gasteiger partial charge in [0.15, 0.2) is 0 Å². The van der Waals surface area contributed by atoms with Gasteiger partial charge in [0.05, 0.1) is 13.2 Å². The van der Waals surface area contributed by atoms with Crippen LogP contribution < -0.4 is 5.32 Å². The molecule has 3 N–H and O–H groups in total. The van der Waals surface area contributed by atoms with E-state index in [-0.39, 0.29) is 0 Å². The van der Waals surface area contributed by atoms with E-state index >= 15 is 0 Å². The Morgan fingerprint density at radius 2 is 1.57 bits per heavy atom. The molecule has 0 fully saturated rings. The van der Waals surface area contributed by atoms with Crippen molar-refractivity contribution in [1.29, 1.82) is 0 Å². The predicted molar refractivity (Wildman–Crippen MR) is 76.2 cm³/mol. The van der Waals surface area contributed by atoms with Crippen molar-refractivity contribution in [2.75, 3.05) is 27.4 Å². The number of alkyl carbamates (subject to hydrolysis) is 1. The number of aliphatic carboxylic acids is 1. The van der Waals surface area contributed by atoms with Crippen LogP contribution in [0, 0.1) is 0 Å². The lowest BCUT2D eigenvalue weighted by Crippen LogP contribution is -2.41. The van der Waals surface area contributed by atoms with Gasteiger partial charge in [-0.25, -0.2) is 4.79 Å². The number of carboxylic acids is 1. The lowest BCUT2D eigenvalue weighted by molar-refractivity contribution is -0.139. The molecule has 0 aromatic heterocycles. The molecule has 0 bridgehead atoms. The first-order chi connectivity index (χ1) is 9.53. The number of rotatable bonds is 6. The van der Waals surface area contributed by atoms with Crippen molar-refractivity contribution in [2.45, 2.75) is 45.4 Å². The van der Waals surface area contributed by atoms with Crippen molar-refractivity contribution in [3.63, 3.8) is 0 Å². The fourth-order valence-corrected chi connectivity index (χ4v) is 0.979. The lowest BCUT2D eigenvalue weighted by Gasteiger charge is -2.20. The molecule has 8 heteroatoms. The second-order valence-corrected chi connectivity index (χ2v) is 5.27. The molecule has 0 heterocycles. The van der Waals surface area contributed by atoms with E-state index in [0.717, 1.165) is 0 Å². The average Bonchev–Trinajstić information content (AvgIpc) is 2.27. The Bertz CT molecular complexity index is 295. The predicted octanol–water partition coefficient (Wildman–Crippen LogP) is 0.624. The van der Waals surface area contributed by atoms with Crippen LogP contribution in [-0.4, -0.2) is 67.5 Å². The minimum Gasteiger partial charge on any atom is -0.480 e. The Labute approximate surface area is 125 Å². The molecule has 0 aliphatic heterocycles. The van der Waals surface area contributed by atoms with Gasteiger partial charge in [-0.2, -0.15) is 0 Å². The molecule has 8 nitrogen and oxygen atoms in total. The fourth-order valence-electron chi connectivity index (χ4n) is 0.979. The quantitative estimate of drug-likeness (QED) is 0.659. The number of carbonyl (C=O) groups is 2. The van der Waals surface area contributed by atoms with Gasteiger partial charge in [-0.1, -0.05) is 0 Å². The highest BCUT2D eigenvalue weighted by Gasteiger charge is 2.20. The van der Waals surface area contributed by atoms with Crippen molar-refractivity contribution < 1.29 is 34.0 Å². The molecule has 0 aliphatic rings.